The van der Waals surface area contributed by atoms with Crippen LogP contribution in [0, 0.1) is 0 Å². The normalized spacial score (nSPS) is 19.0. The minimum Gasteiger partial charge on any atom is -0.326 e. The Morgan fingerprint density at radius 1 is 0.972 bits per heavy atom. The maximum Gasteiger partial charge on any atom is 0.252 e. The molecule has 1 N–H and O–H groups in total. The van der Waals surface area contributed by atoms with E-state index < -0.39 is 20.0 Å². The van der Waals surface area contributed by atoms with Crippen LogP contribution in [0.5, 0.6) is 0 Å². The summed E-state index contributed by atoms with van der Waals surface area (Å²) in [5.74, 6) is -0.294. The summed E-state index contributed by atoms with van der Waals surface area (Å²) in [7, 11) is -3.48. The van der Waals surface area contributed by atoms with Crippen LogP contribution in [0.25, 0.3) is 0 Å². The number of rotatable bonds is 8. The average molecular weight is 555 g/mol. The Morgan fingerprint density at radius 3 is 2.25 bits per heavy atom. The molecule has 2 aliphatic rings. The van der Waals surface area contributed by atoms with E-state index in [2.05, 4.69) is 10.2 Å². The number of piperidine rings is 2. The minimum atomic E-state index is -3.63. The zero-order valence-corrected chi connectivity index (χ0v) is 23.2. The van der Waals surface area contributed by atoms with Crippen LogP contribution in [0.15, 0.2) is 45.5 Å². The molecular formula is C24H34N4O5S3. The fraction of sp³-hybridized carbons (Fsp3) is 0.542. The van der Waals surface area contributed by atoms with Gasteiger partial charge in [-0.1, -0.05) is 6.42 Å². The number of hydrogen-bond acceptors (Lipinski definition) is 7. The van der Waals surface area contributed by atoms with Crippen LogP contribution in [0.1, 0.15) is 37.0 Å². The maximum atomic E-state index is 13.1. The van der Waals surface area contributed by atoms with Crippen molar-refractivity contribution in [2.45, 2.75) is 53.7 Å². The number of amides is 1. The summed E-state index contributed by atoms with van der Waals surface area (Å²) >= 11 is 1.12. The molecule has 4 rings (SSSR count). The van der Waals surface area contributed by atoms with Gasteiger partial charge >= 0.3 is 0 Å². The number of anilines is 1. The fourth-order valence-corrected chi connectivity index (χ4v) is 9.06. The predicted molar refractivity (Wildman–Crippen MR) is 141 cm³/mol. The van der Waals surface area contributed by atoms with Gasteiger partial charge in [-0.3, -0.25) is 4.79 Å². The second-order valence-electron chi connectivity index (χ2n) is 9.49. The molecule has 0 spiro atoms. The lowest BCUT2D eigenvalue weighted by Gasteiger charge is -2.34. The number of sulfonamides is 2. The highest BCUT2D eigenvalue weighted by molar-refractivity contribution is 7.91. The van der Waals surface area contributed by atoms with Crippen molar-refractivity contribution in [2.24, 2.45) is 0 Å². The summed E-state index contributed by atoms with van der Waals surface area (Å²) in [6.07, 6.45) is 4.42. The number of thiophene rings is 1. The van der Waals surface area contributed by atoms with E-state index in [4.69, 9.17) is 0 Å². The summed E-state index contributed by atoms with van der Waals surface area (Å²) in [6.45, 7) is 2.81. The minimum absolute atomic E-state index is 0.0278. The molecule has 2 aromatic rings. The van der Waals surface area contributed by atoms with E-state index in [1.807, 2.05) is 7.05 Å². The summed E-state index contributed by atoms with van der Waals surface area (Å²) < 4.78 is 55.0. The number of benzene rings is 1. The van der Waals surface area contributed by atoms with Crippen LogP contribution in [0.4, 0.5) is 5.69 Å². The van der Waals surface area contributed by atoms with E-state index >= 15 is 0 Å². The van der Waals surface area contributed by atoms with Crippen molar-refractivity contribution in [3.8, 4) is 0 Å². The smallest absolute Gasteiger partial charge is 0.252 e. The van der Waals surface area contributed by atoms with Crippen molar-refractivity contribution in [1.82, 2.24) is 13.5 Å². The third kappa shape index (κ3) is 6.17. The van der Waals surface area contributed by atoms with E-state index in [9.17, 15) is 21.6 Å². The molecule has 2 fully saturated rings. The zero-order chi connectivity index (χ0) is 25.9. The molecular weight excluding hydrogens is 520 g/mol. The van der Waals surface area contributed by atoms with E-state index in [1.165, 1.54) is 20.7 Å². The molecule has 2 aliphatic heterocycles. The molecule has 0 radical (unpaired) electrons. The Kier molecular flexibility index (Phi) is 8.52. The van der Waals surface area contributed by atoms with Crippen LogP contribution in [0.2, 0.25) is 0 Å². The molecule has 0 bridgehead atoms. The molecule has 12 heteroatoms. The zero-order valence-electron chi connectivity index (χ0n) is 20.7. The van der Waals surface area contributed by atoms with Gasteiger partial charge in [0.25, 0.3) is 10.0 Å². The van der Waals surface area contributed by atoms with Gasteiger partial charge < -0.3 is 10.2 Å². The molecule has 1 amide bonds. The molecule has 36 heavy (non-hydrogen) atoms. The SMILES string of the molecule is CN1CCC(N(C)S(=O)(=O)c2ccc(NC(=O)Cc3ccc(S(=O)(=O)N4CCCCC4)s3)cc2)CC1. The monoisotopic (exact) mass is 554 g/mol. The Bertz CT molecular complexity index is 1260. The van der Waals surface area contributed by atoms with Crippen molar-refractivity contribution in [3.63, 3.8) is 0 Å². The molecule has 9 nitrogen and oxygen atoms in total. The van der Waals surface area contributed by atoms with Crippen molar-refractivity contribution in [2.75, 3.05) is 45.6 Å². The van der Waals surface area contributed by atoms with Crippen LogP contribution in [-0.4, -0.2) is 82.6 Å². The largest absolute Gasteiger partial charge is 0.326 e. The number of nitrogens with zero attached hydrogens (tertiary/aromatic N) is 3. The first-order valence-corrected chi connectivity index (χ1v) is 15.9. The highest BCUT2D eigenvalue weighted by Gasteiger charge is 2.30. The van der Waals surface area contributed by atoms with Crippen LogP contribution >= 0.6 is 11.3 Å². The Morgan fingerprint density at radius 2 is 1.61 bits per heavy atom. The van der Waals surface area contributed by atoms with Gasteiger partial charge in [-0.05, 0) is 82.2 Å². The molecule has 0 saturated carbocycles. The molecule has 3 heterocycles. The summed E-state index contributed by atoms with van der Waals surface area (Å²) in [5.41, 5.74) is 0.485. The van der Waals surface area contributed by atoms with E-state index in [1.54, 1.807) is 31.3 Å². The first kappa shape index (κ1) is 27.2. The quantitative estimate of drug-likeness (QED) is 0.538. The van der Waals surface area contributed by atoms with Crippen LogP contribution < -0.4 is 5.32 Å². The summed E-state index contributed by atoms with van der Waals surface area (Å²) in [4.78, 5) is 15.6. The molecule has 198 valence electrons. The fourth-order valence-electron chi connectivity index (χ4n) is 4.62. The number of hydrogen-bond donors (Lipinski definition) is 1. The van der Waals surface area contributed by atoms with E-state index in [-0.39, 0.29) is 27.5 Å². The van der Waals surface area contributed by atoms with Gasteiger partial charge in [0, 0.05) is 36.7 Å². The van der Waals surface area contributed by atoms with Crippen LogP contribution in [0.3, 0.4) is 0 Å². The van der Waals surface area contributed by atoms with Crippen molar-refractivity contribution >= 4 is 43.0 Å². The van der Waals surface area contributed by atoms with Crippen molar-refractivity contribution in [3.05, 3.63) is 41.3 Å². The second kappa shape index (κ2) is 11.3. The van der Waals surface area contributed by atoms with Gasteiger partial charge in [0.1, 0.15) is 4.21 Å². The highest BCUT2D eigenvalue weighted by atomic mass is 32.2. The Hall–Kier alpha value is -1.83. The highest BCUT2D eigenvalue weighted by Crippen LogP contribution is 2.28. The van der Waals surface area contributed by atoms with Gasteiger partial charge in [0.15, 0.2) is 0 Å². The van der Waals surface area contributed by atoms with Gasteiger partial charge in [-0.25, -0.2) is 16.8 Å². The van der Waals surface area contributed by atoms with E-state index in [0.717, 1.165) is 56.5 Å². The number of carbonyl (C=O) groups excluding carboxylic acids is 1. The second-order valence-corrected chi connectivity index (χ2v) is 14.8. The maximum absolute atomic E-state index is 13.1. The summed E-state index contributed by atoms with van der Waals surface area (Å²) in [5, 5.41) is 2.77. The topological polar surface area (TPSA) is 107 Å². The Balaban J connectivity index is 1.35. The molecule has 0 atom stereocenters. The lowest BCUT2D eigenvalue weighted by molar-refractivity contribution is -0.115. The van der Waals surface area contributed by atoms with Crippen molar-refractivity contribution in [1.29, 1.82) is 0 Å². The first-order chi connectivity index (χ1) is 17.1. The molecule has 1 aromatic heterocycles. The number of carbonyl (C=O) groups is 1. The number of nitrogens with one attached hydrogen (secondary N) is 1. The first-order valence-electron chi connectivity index (χ1n) is 12.2. The lowest BCUT2D eigenvalue weighted by Crippen LogP contribution is -2.44. The van der Waals surface area contributed by atoms with Gasteiger partial charge in [-0.2, -0.15) is 8.61 Å². The Labute approximate surface area is 218 Å². The molecule has 1 aromatic carbocycles. The summed E-state index contributed by atoms with van der Waals surface area (Å²) in [6, 6.07) is 9.38. The third-order valence-electron chi connectivity index (χ3n) is 6.90. The van der Waals surface area contributed by atoms with Gasteiger partial charge in [-0.15, -0.1) is 11.3 Å². The van der Waals surface area contributed by atoms with Crippen LogP contribution in [-0.2, 0) is 31.3 Å². The van der Waals surface area contributed by atoms with E-state index in [0.29, 0.717) is 23.7 Å². The van der Waals surface area contributed by atoms with Crippen molar-refractivity contribution < 1.29 is 21.6 Å². The predicted octanol–water partition coefficient (Wildman–Crippen LogP) is 2.82. The third-order valence-corrected chi connectivity index (χ3v) is 12.3. The lowest BCUT2D eigenvalue weighted by atomic mass is 10.1. The van der Waals surface area contributed by atoms with Gasteiger partial charge in [0.2, 0.25) is 15.9 Å². The molecule has 0 aliphatic carbocycles. The average Bonchev–Trinajstić information content (AvgIpc) is 3.34. The van der Waals surface area contributed by atoms with Gasteiger partial charge in [0.05, 0.1) is 11.3 Å². The molecule has 2 saturated heterocycles. The number of likely N-dealkylation sites (tertiary alicyclic amines) is 1. The standard InChI is InChI=1S/C24H34N4O5S3/c1-26-16-12-20(13-17-26)27(2)35(30,31)22-9-6-19(7-10-22)25-23(29)18-21-8-11-24(34-21)36(32,33)28-14-4-3-5-15-28/h6-11,20H,3-5,12-18H2,1-2H3,(H,25,29). The molecule has 0 unspecified atom stereocenters.